The van der Waals surface area contributed by atoms with Crippen LogP contribution >= 0.6 is 23.2 Å². The van der Waals surface area contributed by atoms with E-state index in [1.165, 1.54) is 0 Å². The smallest absolute Gasteiger partial charge is 0.228 e. The minimum Gasteiger partial charge on any atom is -0.351 e. The zero-order valence-corrected chi connectivity index (χ0v) is 18.4. The Morgan fingerprint density at radius 3 is 2.22 bits per heavy atom. The molecule has 2 heterocycles. The molecular weight excluding hydrogens is 385 g/mol. The van der Waals surface area contributed by atoms with E-state index in [9.17, 15) is 0 Å². The van der Waals surface area contributed by atoms with Crippen LogP contribution in [-0.2, 0) is 4.84 Å². The molecule has 1 fully saturated rings. The van der Waals surface area contributed by atoms with Gasteiger partial charge in [0.25, 0.3) is 0 Å². The molecule has 8 heteroatoms. The molecular formula is C19H31Cl2N5O. The molecule has 1 saturated heterocycles. The van der Waals surface area contributed by atoms with Crippen LogP contribution in [0.5, 0.6) is 0 Å². The molecule has 1 aromatic rings. The third kappa shape index (κ3) is 5.76. The molecule has 0 bridgehead atoms. The van der Waals surface area contributed by atoms with Gasteiger partial charge in [-0.05, 0) is 76.1 Å². The first-order chi connectivity index (χ1) is 12.6. The number of nitrogens with zero attached hydrogens (tertiary/aromatic N) is 4. The van der Waals surface area contributed by atoms with Gasteiger partial charge in [0, 0.05) is 17.1 Å². The summed E-state index contributed by atoms with van der Waals surface area (Å²) in [5, 5.41) is 5.79. The summed E-state index contributed by atoms with van der Waals surface area (Å²) in [6, 6.07) is 0.213. The number of hydrogen-bond acceptors (Lipinski definition) is 6. The van der Waals surface area contributed by atoms with Crippen molar-refractivity contribution in [1.82, 2.24) is 20.0 Å². The molecule has 152 valence electrons. The van der Waals surface area contributed by atoms with E-state index >= 15 is 0 Å². The van der Waals surface area contributed by atoms with Crippen molar-refractivity contribution in [2.45, 2.75) is 77.4 Å². The first-order valence-electron chi connectivity index (χ1n) is 9.47. The molecule has 0 saturated carbocycles. The number of anilines is 1. The van der Waals surface area contributed by atoms with E-state index in [1.807, 2.05) is 0 Å². The lowest BCUT2D eigenvalue weighted by atomic mass is 9.71. The molecule has 0 amide bonds. The third-order valence-corrected chi connectivity index (χ3v) is 5.35. The van der Waals surface area contributed by atoms with Crippen LogP contribution in [0.25, 0.3) is 0 Å². The fourth-order valence-corrected chi connectivity index (χ4v) is 4.76. The molecule has 1 aromatic heterocycles. The predicted octanol–water partition coefficient (Wildman–Crippen LogP) is 5.15. The summed E-state index contributed by atoms with van der Waals surface area (Å²) < 4.78 is 0. The van der Waals surface area contributed by atoms with Gasteiger partial charge < -0.3 is 5.32 Å². The van der Waals surface area contributed by atoms with Gasteiger partial charge in [-0.1, -0.05) is 19.4 Å². The van der Waals surface area contributed by atoms with Gasteiger partial charge in [-0.2, -0.15) is 20.0 Å². The molecule has 1 aliphatic rings. The maximum absolute atomic E-state index is 6.03. The van der Waals surface area contributed by atoms with Crippen LogP contribution < -0.4 is 5.32 Å². The second-order valence-corrected chi connectivity index (χ2v) is 9.08. The van der Waals surface area contributed by atoms with E-state index < -0.39 is 0 Å². The molecule has 27 heavy (non-hydrogen) atoms. The van der Waals surface area contributed by atoms with Gasteiger partial charge >= 0.3 is 0 Å². The van der Waals surface area contributed by atoms with E-state index in [0.29, 0.717) is 18.5 Å². The van der Waals surface area contributed by atoms with E-state index in [-0.39, 0.29) is 27.7 Å². The Kier molecular flexibility index (Phi) is 7.47. The van der Waals surface area contributed by atoms with Crippen LogP contribution in [-0.4, -0.2) is 43.7 Å². The summed E-state index contributed by atoms with van der Waals surface area (Å²) in [5.41, 5.74) is -0.227. The summed E-state index contributed by atoms with van der Waals surface area (Å²) in [6.45, 7) is 15.4. The topological polar surface area (TPSA) is 63.2 Å². The number of piperidine rings is 1. The highest BCUT2D eigenvalue weighted by Crippen LogP contribution is 2.43. The summed E-state index contributed by atoms with van der Waals surface area (Å²) in [6.07, 6.45) is 5.81. The van der Waals surface area contributed by atoms with Gasteiger partial charge in [0.05, 0.1) is 6.61 Å². The highest BCUT2D eigenvalue weighted by Gasteiger charge is 2.48. The Bertz CT molecular complexity index is 615. The van der Waals surface area contributed by atoms with Crippen molar-refractivity contribution in [2.75, 3.05) is 11.9 Å². The van der Waals surface area contributed by atoms with E-state index in [4.69, 9.17) is 28.0 Å². The van der Waals surface area contributed by atoms with Crippen LogP contribution in [0.1, 0.15) is 60.3 Å². The molecule has 0 spiro atoms. The van der Waals surface area contributed by atoms with Crippen molar-refractivity contribution < 1.29 is 4.84 Å². The number of rotatable bonds is 8. The van der Waals surface area contributed by atoms with Crippen LogP contribution in [0.2, 0.25) is 10.6 Å². The average molecular weight is 416 g/mol. The van der Waals surface area contributed by atoms with Crippen LogP contribution in [0.3, 0.4) is 0 Å². The quantitative estimate of drug-likeness (QED) is 0.592. The Labute approximate surface area is 172 Å². The number of aromatic nitrogens is 3. The summed E-state index contributed by atoms with van der Waals surface area (Å²) in [4.78, 5) is 18.2. The summed E-state index contributed by atoms with van der Waals surface area (Å²) in [5.74, 6) is 0.854. The van der Waals surface area contributed by atoms with E-state index in [0.717, 1.165) is 25.7 Å². The number of halogens is 2. The monoisotopic (exact) mass is 415 g/mol. The van der Waals surface area contributed by atoms with Gasteiger partial charge in [-0.25, -0.2) is 0 Å². The highest BCUT2D eigenvalue weighted by atomic mass is 35.5. The Hall–Kier alpha value is -0.950. The van der Waals surface area contributed by atoms with Crippen molar-refractivity contribution >= 4 is 29.2 Å². The lowest BCUT2D eigenvalue weighted by molar-refractivity contribution is -0.282. The van der Waals surface area contributed by atoms with Crippen molar-refractivity contribution in [3.63, 3.8) is 0 Å². The molecule has 6 nitrogen and oxygen atoms in total. The average Bonchev–Trinajstić information content (AvgIpc) is 2.51. The standard InChI is InChI=1S/C19H31Cl2N5O/c1-7-9-14(22-17-24-15(20)23-16(21)25-17)13-11-18(3,4)26(27-10-8-2)19(5,6)12-13/h8,13-14H,2,7,9-12H2,1,3-6H3,(H,22,23,24,25). The molecule has 1 aliphatic heterocycles. The van der Waals surface area contributed by atoms with Crippen LogP contribution in [0.4, 0.5) is 5.95 Å². The van der Waals surface area contributed by atoms with Crippen molar-refractivity contribution in [3.8, 4) is 0 Å². The second-order valence-electron chi connectivity index (χ2n) is 8.41. The lowest BCUT2D eigenvalue weighted by Gasteiger charge is -2.55. The van der Waals surface area contributed by atoms with Crippen LogP contribution in [0, 0.1) is 5.92 Å². The fourth-order valence-electron chi connectivity index (χ4n) is 4.39. The predicted molar refractivity (Wildman–Crippen MR) is 111 cm³/mol. The minimum atomic E-state index is -0.114. The SMILES string of the molecule is C=CCON1C(C)(C)CC(C(CCC)Nc2nc(Cl)nc(Cl)n2)CC1(C)C. The number of hydroxylamine groups is 2. The van der Waals surface area contributed by atoms with Crippen LogP contribution in [0.15, 0.2) is 12.7 Å². The Morgan fingerprint density at radius 2 is 1.74 bits per heavy atom. The fraction of sp³-hybridized carbons (Fsp3) is 0.737. The van der Waals surface area contributed by atoms with Crippen molar-refractivity contribution in [3.05, 3.63) is 23.2 Å². The van der Waals surface area contributed by atoms with Gasteiger partial charge in [0.1, 0.15) is 0 Å². The largest absolute Gasteiger partial charge is 0.351 e. The molecule has 0 radical (unpaired) electrons. The van der Waals surface area contributed by atoms with Crippen molar-refractivity contribution in [1.29, 1.82) is 0 Å². The minimum absolute atomic E-state index is 0.0982. The summed E-state index contributed by atoms with van der Waals surface area (Å²) >= 11 is 11.9. The molecule has 1 unspecified atom stereocenters. The molecule has 1 N–H and O–H groups in total. The normalized spacial score (nSPS) is 21.0. The van der Waals surface area contributed by atoms with Crippen molar-refractivity contribution in [2.24, 2.45) is 5.92 Å². The Balaban J connectivity index is 2.23. The maximum Gasteiger partial charge on any atom is 0.228 e. The molecule has 2 rings (SSSR count). The zero-order valence-electron chi connectivity index (χ0n) is 16.9. The van der Waals surface area contributed by atoms with E-state index in [2.05, 4.69) is 66.5 Å². The van der Waals surface area contributed by atoms with Gasteiger partial charge in [0.15, 0.2) is 0 Å². The van der Waals surface area contributed by atoms with Gasteiger partial charge in [0.2, 0.25) is 16.5 Å². The molecule has 0 aliphatic carbocycles. The lowest BCUT2D eigenvalue weighted by Crippen LogP contribution is -2.62. The molecule has 0 aromatic carbocycles. The van der Waals surface area contributed by atoms with Gasteiger partial charge in [-0.15, -0.1) is 6.58 Å². The van der Waals surface area contributed by atoms with E-state index in [1.54, 1.807) is 6.08 Å². The third-order valence-electron chi connectivity index (χ3n) is 5.01. The molecule has 1 atom stereocenters. The highest BCUT2D eigenvalue weighted by molar-refractivity contribution is 6.31. The maximum atomic E-state index is 6.03. The number of nitrogens with one attached hydrogen (secondary N) is 1. The first-order valence-corrected chi connectivity index (χ1v) is 10.2. The zero-order chi connectivity index (χ0) is 20.2. The second kappa shape index (κ2) is 9.03. The number of hydrogen-bond donors (Lipinski definition) is 1. The van der Waals surface area contributed by atoms with Gasteiger partial charge in [-0.3, -0.25) is 4.84 Å². The first kappa shape index (κ1) is 22.3. The Morgan fingerprint density at radius 1 is 1.19 bits per heavy atom. The summed E-state index contributed by atoms with van der Waals surface area (Å²) in [7, 11) is 0.